The summed E-state index contributed by atoms with van der Waals surface area (Å²) in [5.74, 6) is -0.362. The van der Waals surface area contributed by atoms with E-state index in [2.05, 4.69) is 12.2 Å². The average Bonchev–Trinajstić information content (AvgIpc) is 3.10. The monoisotopic (exact) mass is 503 g/mol. The molecule has 206 valence electrons. The number of unbranched alkanes of at least 4 members (excludes halogenated alkanes) is 11. The Kier molecular flexibility index (Phi) is 14.6. The van der Waals surface area contributed by atoms with E-state index in [1.54, 1.807) is 0 Å². The van der Waals surface area contributed by atoms with Gasteiger partial charge in [-0.2, -0.15) is 0 Å². The van der Waals surface area contributed by atoms with Crippen LogP contribution in [0.2, 0.25) is 0 Å². The third-order valence-electron chi connectivity index (χ3n) is 7.08. The predicted octanol–water partition coefficient (Wildman–Crippen LogP) is 2.17. The molecule has 2 aliphatic heterocycles. The average molecular weight is 504 g/mol. The molecule has 2 saturated heterocycles. The Balaban J connectivity index is 1.61. The van der Waals surface area contributed by atoms with Crippen LogP contribution in [0.1, 0.15) is 97.3 Å². The van der Waals surface area contributed by atoms with Crippen LogP contribution >= 0.6 is 0 Å². The lowest BCUT2D eigenvalue weighted by Crippen LogP contribution is -2.56. The lowest BCUT2D eigenvalue weighted by atomic mass is 9.99. The van der Waals surface area contributed by atoms with Crippen LogP contribution in [-0.4, -0.2) is 88.5 Å². The van der Waals surface area contributed by atoms with Gasteiger partial charge in [-0.05, 0) is 6.42 Å². The lowest BCUT2D eigenvalue weighted by molar-refractivity contribution is -0.265. The summed E-state index contributed by atoms with van der Waals surface area (Å²) in [5, 5.41) is 44.0. The number of nitrogens with one attached hydrogen (secondary N) is 1. The number of aliphatic hydroxyl groups is 4. The van der Waals surface area contributed by atoms with Crippen LogP contribution in [0.4, 0.5) is 0 Å². The zero-order valence-corrected chi connectivity index (χ0v) is 21.6. The third kappa shape index (κ3) is 10.6. The molecular weight excluding hydrogens is 454 g/mol. The van der Waals surface area contributed by atoms with Crippen molar-refractivity contribution in [3.63, 3.8) is 0 Å². The molecule has 1 amide bonds. The van der Waals surface area contributed by atoms with E-state index in [4.69, 9.17) is 14.2 Å². The number of hydrogen-bond acceptors (Lipinski definition) is 8. The first kappa shape index (κ1) is 30.4. The second-order valence-corrected chi connectivity index (χ2v) is 10.2. The Labute approximate surface area is 210 Å². The van der Waals surface area contributed by atoms with Gasteiger partial charge in [-0.3, -0.25) is 4.79 Å². The van der Waals surface area contributed by atoms with Crippen LogP contribution in [0, 0.1) is 0 Å². The number of ether oxygens (including phenoxy) is 3. The molecule has 8 atom stereocenters. The van der Waals surface area contributed by atoms with E-state index < -0.39 is 49.0 Å². The molecule has 2 heterocycles. The minimum absolute atomic E-state index is 0.159. The van der Waals surface area contributed by atoms with Crippen molar-refractivity contribution in [1.29, 1.82) is 0 Å². The van der Waals surface area contributed by atoms with Gasteiger partial charge in [0.15, 0.2) is 6.29 Å². The van der Waals surface area contributed by atoms with Gasteiger partial charge in [0.2, 0.25) is 5.91 Å². The van der Waals surface area contributed by atoms with Crippen LogP contribution in [0.5, 0.6) is 0 Å². The van der Waals surface area contributed by atoms with Crippen LogP contribution in [0.15, 0.2) is 0 Å². The zero-order chi connectivity index (χ0) is 25.6. The Morgan fingerprint density at radius 1 is 0.943 bits per heavy atom. The van der Waals surface area contributed by atoms with E-state index >= 15 is 0 Å². The molecule has 2 bridgehead atoms. The highest BCUT2D eigenvalue weighted by molar-refractivity contribution is 5.73. The maximum Gasteiger partial charge on any atom is 0.217 e. The van der Waals surface area contributed by atoms with Crippen molar-refractivity contribution < 1.29 is 39.4 Å². The van der Waals surface area contributed by atoms with Crippen molar-refractivity contribution >= 4 is 5.91 Å². The molecule has 0 saturated carbocycles. The molecule has 0 radical (unpaired) electrons. The number of carbonyl (C=O) groups is 1. The number of aliphatic hydroxyl groups excluding tert-OH is 4. The lowest BCUT2D eigenvalue weighted by Gasteiger charge is -2.36. The molecule has 0 aliphatic carbocycles. The summed E-state index contributed by atoms with van der Waals surface area (Å²) >= 11 is 0. The van der Waals surface area contributed by atoms with Gasteiger partial charge in [-0.25, -0.2) is 0 Å². The summed E-state index contributed by atoms with van der Waals surface area (Å²) < 4.78 is 16.5. The van der Waals surface area contributed by atoms with Crippen molar-refractivity contribution in [1.82, 2.24) is 5.32 Å². The normalized spacial score (nSPS) is 28.6. The molecule has 0 aromatic carbocycles. The fraction of sp³-hybridized carbons (Fsp3) is 0.962. The van der Waals surface area contributed by atoms with Gasteiger partial charge in [0.1, 0.15) is 30.5 Å². The maximum absolute atomic E-state index is 11.6. The smallest absolute Gasteiger partial charge is 0.217 e. The standard InChI is InChI=1S/C26H49NO8/c1-3-4-5-6-7-8-9-10-11-12-13-14-15-20(29)22(30)19(27-18(2)28)16-34-26-24(32)25-23(31)21(35-26)17-33-25/h19-26,29-32H,3-17H2,1-2H3,(H,27,28)/t19-,20+,21?,22?,23-,24?,25+,26-/m0/s1. The third-order valence-corrected chi connectivity index (χ3v) is 7.08. The number of amides is 1. The molecule has 0 aromatic heterocycles. The number of fused-ring (bicyclic) bond motifs is 2. The summed E-state index contributed by atoms with van der Waals surface area (Å²) in [6, 6.07) is -0.860. The van der Waals surface area contributed by atoms with Crippen LogP contribution in [0.25, 0.3) is 0 Å². The van der Waals surface area contributed by atoms with E-state index in [9.17, 15) is 25.2 Å². The molecule has 0 aromatic rings. The predicted molar refractivity (Wildman–Crippen MR) is 132 cm³/mol. The molecule has 2 aliphatic rings. The summed E-state index contributed by atoms with van der Waals surface area (Å²) in [6.07, 6.45) is 8.32. The largest absolute Gasteiger partial charge is 0.390 e. The number of carbonyl (C=O) groups excluding carboxylic acids is 1. The first-order valence-corrected chi connectivity index (χ1v) is 13.7. The molecule has 5 N–H and O–H groups in total. The molecule has 2 fully saturated rings. The molecule has 3 unspecified atom stereocenters. The van der Waals surface area contributed by atoms with Crippen molar-refractivity contribution in [3.8, 4) is 0 Å². The molecule has 0 spiro atoms. The fourth-order valence-corrected chi connectivity index (χ4v) is 4.90. The molecule has 9 heteroatoms. The van der Waals surface area contributed by atoms with Gasteiger partial charge in [0.25, 0.3) is 0 Å². The number of rotatable bonds is 19. The molecule has 35 heavy (non-hydrogen) atoms. The second-order valence-electron chi connectivity index (χ2n) is 10.2. The first-order valence-electron chi connectivity index (χ1n) is 13.7. The topological polar surface area (TPSA) is 138 Å². The minimum Gasteiger partial charge on any atom is -0.390 e. The van der Waals surface area contributed by atoms with E-state index in [1.807, 2.05) is 0 Å². The second kappa shape index (κ2) is 16.8. The first-order chi connectivity index (χ1) is 16.8. The minimum atomic E-state index is -1.22. The van der Waals surface area contributed by atoms with Crippen molar-refractivity contribution in [3.05, 3.63) is 0 Å². The highest BCUT2D eigenvalue weighted by Gasteiger charge is 2.50. The summed E-state index contributed by atoms with van der Waals surface area (Å²) in [5.41, 5.74) is 0. The molecule has 9 nitrogen and oxygen atoms in total. The summed E-state index contributed by atoms with van der Waals surface area (Å²) in [7, 11) is 0. The fourth-order valence-electron chi connectivity index (χ4n) is 4.90. The van der Waals surface area contributed by atoms with E-state index in [0.717, 1.165) is 19.3 Å². The van der Waals surface area contributed by atoms with Gasteiger partial charge >= 0.3 is 0 Å². The Hall–Kier alpha value is -0.810. The van der Waals surface area contributed by atoms with Gasteiger partial charge in [0, 0.05) is 6.92 Å². The van der Waals surface area contributed by atoms with E-state index in [0.29, 0.717) is 6.42 Å². The van der Waals surface area contributed by atoms with E-state index in [-0.39, 0.29) is 19.1 Å². The van der Waals surface area contributed by atoms with Crippen LogP contribution in [-0.2, 0) is 19.0 Å². The molecular formula is C26H49NO8. The summed E-state index contributed by atoms with van der Waals surface area (Å²) in [4.78, 5) is 11.6. The van der Waals surface area contributed by atoms with Crippen molar-refractivity contribution in [2.24, 2.45) is 0 Å². The summed E-state index contributed by atoms with van der Waals surface area (Å²) in [6.45, 7) is 3.57. The van der Waals surface area contributed by atoms with Crippen molar-refractivity contribution in [2.45, 2.75) is 146 Å². The highest BCUT2D eigenvalue weighted by atomic mass is 16.7. The maximum atomic E-state index is 11.6. The van der Waals surface area contributed by atoms with Gasteiger partial charge in [-0.1, -0.05) is 84.0 Å². The Morgan fingerprint density at radius 3 is 2.09 bits per heavy atom. The van der Waals surface area contributed by atoms with Gasteiger partial charge in [-0.15, -0.1) is 0 Å². The van der Waals surface area contributed by atoms with Crippen molar-refractivity contribution in [2.75, 3.05) is 13.2 Å². The zero-order valence-electron chi connectivity index (χ0n) is 21.6. The van der Waals surface area contributed by atoms with Crippen LogP contribution < -0.4 is 5.32 Å². The van der Waals surface area contributed by atoms with Gasteiger partial charge < -0.3 is 40.0 Å². The highest BCUT2D eigenvalue weighted by Crippen LogP contribution is 2.30. The van der Waals surface area contributed by atoms with E-state index in [1.165, 1.54) is 64.7 Å². The van der Waals surface area contributed by atoms with Gasteiger partial charge in [0.05, 0.1) is 25.4 Å². The quantitative estimate of drug-likeness (QED) is 0.169. The van der Waals surface area contributed by atoms with Crippen LogP contribution in [0.3, 0.4) is 0 Å². The SMILES string of the molecule is CCCCCCCCCCCCCC[C@@H](O)C(O)[C@H](CO[C@H]1OC2CO[C@@H](C1O)[C@H]2O)NC(C)=O. The number of hydrogen-bond donors (Lipinski definition) is 5. The Bertz CT molecular complexity index is 580. The Morgan fingerprint density at radius 2 is 1.51 bits per heavy atom. The molecule has 2 rings (SSSR count).